The molecular formula is C16H19Cl2N3O6S. The summed E-state index contributed by atoms with van der Waals surface area (Å²) in [6.07, 6.45) is -0.649. The lowest BCUT2D eigenvalue weighted by molar-refractivity contribution is -0.144. The number of carbonyl (C=O) groups excluding carboxylic acids is 2. The van der Waals surface area contributed by atoms with Crippen LogP contribution < -0.4 is 16.4 Å². The van der Waals surface area contributed by atoms with Crippen molar-refractivity contribution in [3.63, 3.8) is 0 Å². The van der Waals surface area contributed by atoms with Gasteiger partial charge in [-0.05, 0) is 18.6 Å². The summed E-state index contributed by atoms with van der Waals surface area (Å²) in [5.41, 5.74) is 4.13. The molecule has 0 radical (unpaired) electrons. The van der Waals surface area contributed by atoms with Crippen LogP contribution in [0, 0.1) is 0 Å². The van der Waals surface area contributed by atoms with Crippen LogP contribution in [0.5, 0.6) is 0 Å². The van der Waals surface area contributed by atoms with Crippen LogP contribution in [0.4, 0.5) is 0 Å². The summed E-state index contributed by atoms with van der Waals surface area (Å²) in [7, 11) is 0. The molecule has 1 rings (SSSR count). The van der Waals surface area contributed by atoms with Gasteiger partial charge in [-0.25, -0.2) is 4.79 Å². The van der Waals surface area contributed by atoms with Crippen molar-refractivity contribution >= 4 is 59.6 Å². The number of halogens is 2. The Labute approximate surface area is 176 Å². The number of thiol groups is 1. The third-order valence-corrected chi connectivity index (χ3v) is 4.70. The van der Waals surface area contributed by atoms with Crippen LogP contribution in [-0.2, 0) is 24.7 Å². The molecule has 6 N–H and O–H groups in total. The summed E-state index contributed by atoms with van der Waals surface area (Å²) in [5, 5.41) is 22.9. The van der Waals surface area contributed by atoms with Crippen molar-refractivity contribution in [3.8, 4) is 0 Å². The lowest BCUT2D eigenvalue weighted by Crippen LogP contribution is -2.50. The maximum absolute atomic E-state index is 12.2. The number of carboxylic acids is 2. The lowest BCUT2D eigenvalue weighted by Gasteiger charge is -2.26. The smallest absolute Gasteiger partial charge is 0.328 e. The number of aliphatic carboxylic acids is 2. The Bertz CT molecular complexity index is 779. The fraction of sp³-hybridized carbons (Fsp3) is 0.375. The summed E-state index contributed by atoms with van der Waals surface area (Å²) in [6.45, 7) is -0.612. The highest BCUT2D eigenvalue weighted by molar-refractivity contribution is 7.80. The van der Waals surface area contributed by atoms with E-state index in [4.69, 9.17) is 34.0 Å². The van der Waals surface area contributed by atoms with Crippen LogP contribution >= 0.6 is 35.8 Å². The molecule has 0 heterocycles. The molecular weight excluding hydrogens is 433 g/mol. The summed E-state index contributed by atoms with van der Waals surface area (Å²) in [6, 6.07) is 3.04. The lowest BCUT2D eigenvalue weighted by atomic mass is 9.86. The van der Waals surface area contributed by atoms with Gasteiger partial charge in [0.05, 0.1) is 0 Å². The molecule has 0 aliphatic carbocycles. The van der Waals surface area contributed by atoms with Crippen molar-refractivity contribution in [3.05, 3.63) is 33.8 Å². The molecule has 1 aromatic rings. The number of nitrogens with one attached hydrogen (secondary N) is 2. The minimum Gasteiger partial charge on any atom is -0.480 e. The third kappa shape index (κ3) is 6.55. The van der Waals surface area contributed by atoms with Gasteiger partial charge in [-0.1, -0.05) is 29.3 Å². The van der Waals surface area contributed by atoms with Gasteiger partial charge in [0.25, 0.3) is 0 Å². The monoisotopic (exact) mass is 451 g/mol. The Balaban J connectivity index is 2.82. The molecule has 0 aliphatic heterocycles. The minimum absolute atomic E-state index is 0.0408. The van der Waals surface area contributed by atoms with Gasteiger partial charge in [0.15, 0.2) is 0 Å². The molecule has 154 valence electrons. The van der Waals surface area contributed by atoms with Gasteiger partial charge in [0.2, 0.25) is 11.8 Å². The highest BCUT2D eigenvalue weighted by atomic mass is 35.5. The van der Waals surface area contributed by atoms with E-state index in [1.54, 1.807) is 0 Å². The van der Waals surface area contributed by atoms with Gasteiger partial charge in [-0.3, -0.25) is 14.4 Å². The third-order valence-electron chi connectivity index (χ3n) is 3.79. The van der Waals surface area contributed by atoms with Crippen molar-refractivity contribution in [2.75, 3.05) is 12.3 Å². The zero-order valence-electron chi connectivity index (χ0n) is 14.4. The predicted octanol–water partition coefficient (Wildman–Crippen LogP) is 0.628. The topological polar surface area (TPSA) is 159 Å². The first kappa shape index (κ1) is 24.0. The van der Waals surface area contributed by atoms with Gasteiger partial charge < -0.3 is 26.6 Å². The van der Waals surface area contributed by atoms with Crippen LogP contribution in [0.25, 0.3) is 0 Å². The van der Waals surface area contributed by atoms with Gasteiger partial charge in [0.1, 0.15) is 18.1 Å². The second-order valence-electron chi connectivity index (χ2n) is 5.81. The first-order chi connectivity index (χ1) is 13.0. The first-order valence-electron chi connectivity index (χ1n) is 7.88. The Kier molecular flexibility index (Phi) is 9.02. The maximum Gasteiger partial charge on any atom is 0.328 e. The van der Waals surface area contributed by atoms with Gasteiger partial charge in [0, 0.05) is 27.8 Å². The number of carboxylic acid groups (broad SMARTS) is 2. The van der Waals surface area contributed by atoms with E-state index in [-0.39, 0.29) is 29.2 Å². The molecule has 12 heteroatoms. The van der Waals surface area contributed by atoms with Crippen LogP contribution in [0.1, 0.15) is 18.4 Å². The summed E-state index contributed by atoms with van der Waals surface area (Å²) < 4.78 is 0. The highest BCUT2D eigenvalue weighted by Gasteiger charge is 2.38. The zero-order valence-corrected chi connectivity index (χ0v) is 16.9. The standard InChI is InChI=1S/C16H19Cl2N3O6S/c17-8-1-2-9(10(18)5-8)16(19,15(26)27)4-3-12(22)21-11(7-28)14(25)20-6-13(23)24/h1-2,5,11,28H,3-4,6-7,19H2,(H,20,25)(H,21,22)(H,23,24)(H,26,27). The van der Waals surface area contributed by atoms with Crippen LogP contribution in [0.3, 0.4) is 0 Å². The number of hydrogen-bond acceptors (Lipinski definition) is 6. The van der Waals surface area contributed by atoms with E-state index in [1.807, 2.05) is 0 Å². The van der Waals surface area contributed by atoms with E-state index in [0.29, 0.717) is 5.02 Å². The van der Waals surface area contributed by atoms with Gasteiger partial charge in [-0.15, -0.1) is 0 Å². The van der Waals surface area contributed by atoms with Gasteiger partial charge >= 0.3 is 11.9 Å². The Morgan fingerprint density at radius 1 is 1.21 bits per heavy atom. The van der Waals surface area contributed by atoms with Crippen LogP contribution in [-0.4, -0.2) is 52.3 Å². The van der Waals surface area contributed by atoms with Crippen LogP contribution in [0.2, 0.25) is 10.0 Å². The van der Waals surface area contributed by atoms with E-state index in [2.05, 4.69) is 23.3 Å². The second kappa shape index (κ2) is 10.5. The molecule has 1 aromatic carbocycles. The average molecular weight is 452 g/mol. The summed E-state index contributed by atoms with van der Waals surface area (Å²) in [5.74, 6) is -4.12. The molecule has 9 nitrogen and oxygen atoms in total. The Morgan fingerprint density at radius 2 is 1.86 bits per heavy atom. The van der Waals surface area contributed by atoms with Crippen molar-refractivity contribution < 1.29 is 29.4 Å². The number of carbonyl (C=O) groups is 4. The van der Waals surface area contributed by atoms with Crippen molar-refractivity contribution in [1.82, 2.24) is 10.6 Å². The summed E-state index contributed by atoms with van der Waals surface area (Å²) in [4.78, 5) is 46.2. The molecule has 2 atom stereocenters. The molecule has 0 spiro atoms. The number of nitrogens with two attached hydrogens (primary N) is 1. The molecule has 0 saturated heterocycles. The molecule has 0 aliphatic rings. The SMILES string of the molecule is NC(CCC(=O)NC(CS)C(=O)NCC(=O)O)(C(=O)O)c1ccc(Cl)cc1Cl. The number of benzene rings is 1. The van der Waals surface area contributed by atoms with Crippen molar-refractivity contribution in [2.24, 2.45) is 5.73 Å². The van der Waals surface area contributed by atoms with Gasteiger partial charge in [-0.2, -0.15) is 12.6 Å². The number of rotatable bonds is 10. The normalized spacial score (nSPS) is 13.9. The first-order valence-corrected chi connectivity index (χ1v) is 9.27. The predicted molar refractivity (Wildman–Crippen MR) is 106 cm³/mol. The molecule has 0 fully saturated rings. The quantitative estimate of drug-likeness (QED) is 0.284. The van der Waals surface area contributed by atoms with Crippen molar-refractivity contribution in [2.45, 2.75) is 24.4 Å². The van der Waals surface area contributed by atoms with E-state index >= 15 is 0 Å². The molecule has 0 saturated carbocycles. The fourth-order valence-corrected chi connectivity index (χ4v) is 3.10. The van der Waals surface area contributed by atoms with Crippen LogP contribution in [0.15, 0.2) is 18.2 Å². The number of amides is 2. The van der Waals surface area contributed by atoms with E-state index in [9.17, 15) is 24.3 Å². The molecule has 0 aromatic heterocycles. The Hall–Kier alpha value is -2.01. The Morgan fingerprint density at radius 3 is 2.36 bits per heavy atom. The van der Waals surface area contributed by atoms with Crippen molar-refractivity contribution in [1.29, 1.82) is 0 Å². The fourth-order valence-electron chi connectivity index (χ4n) is 2.27. The molecule has 2 amide bonds. The highest BCUT2D eigenvalue weighted by Crippen LogP contribution is 2.32. The minimum atomic E-state index is -1.96. The van der Waals surface area contributed by atoms with E-state index < -0.39 is 41.9 Å². The zero-order chi connectivity index (χ0) is 21.5. The maximum atomic E-state index is 12.2. The molecule has 2 unspecified atom stereocenters. The summed E-state index contributed by atoms with van der Waals surface area (Å²) >= 11 is 15.8. The largest absolute Gasteiger partial charge is 0.480 e. The second-order valence-corrected chi connectivity index (χ2v) is 7.02. The average Bonchev–Trinajstić information content (AvgIpc) is 2.61. The molecule has 28 heavy (non-hydrogen) atoms. The van der Waals surface area contributed by atoms with E-state index in [1.165, 1.54) is 18.2 Å². The van der Waals surface area contributed by atoms with E-state index in [0.717, 1.165) is 0 Å². The molecule has 0 bridgehead atoms. The number of hydrogen-bond donors (Lipinski definition) is 6.